The maximum atomic E-state index is 8.80. The summed E-state index contributed by atoms with van der Waals surface area (Å²) in [6.07, 6.45) is 0. The molecule has 0 fully saturated rings. The van der Waals surface area contributed by atoms with Crippen molar-refractivity contribution in [2.45, 2.75) is 13.0 Å². The van der Waals surface area contributed by atoms with E-state index in [1.54, 1.807) is 18.9 Å². The lowest BCUT2D eigenvalue weighted by atomic mass is 10.0. The van der Waals surface area contributed by atoms with E-state index in [1.807, 2.05) is 13.1 Å². The minimum atomic E-state index is 0.228. The number of aryl methyl sites for hydroxylation is 1. The van der Waals surface area contributed by atoms with E-state index in [9.17, 15) is 0 Å². The lowest BCUT2D eigenvalue weighted by Gasteiger charge is -2.19. The Morgan fingerprint density at radius 2 is 2.24 bits per heavy atom. The second kappa shape index (κ2) is 7.58. The molecule has 0 aliphatic heterocycles. The highest BCUT2D eigenvalue weighted by molar-refractivity contribution is 7.99. The number of benzene rings is 1. The van der Waals surface area contributed by atoms with Crippen LogP contribution in [0.2, 0.25) is 0 Å². The van der Waals surface area contributed by atoms with Gasteiger partial charge in [-0.3, -0.25) is 0 Å². The van der Waals surface area contributed by atoms with Crippen LogP contribution in [0.5, 0.6) is 5.75 Å². The first-order valence-electron chi connectivity index (χ1n) is 5.73. The molecular formula is C13H21NO2S. The van der Waals surface area contributed by atoms with Gasteiger partial charge in [-0.1, -0.05) is 17.7 Å². The summed E-state index contributed by atoms with van der Waals surface area (Å²) in [5.74, 6) is 2.61. The molecule has 0 aliphatic rings. The van der Waals surface area contributed by atoms with Gasteiger partial charge in [0.2, 0.25) is 0 Å². The van der Waals surface area contributed by atoms with Crippen molar-refractivity contribution in [1.29, 1.82) is 0 Å². The number of methoxy groups -OCH3 is 1. The van der Waals surface area contributed by atoms with Crippen LogP contribution in [0.3, 0.4) is 0 Å². The average Bonchev–Trinajstić information content (AvgIpc) is 2.35. The van der Waals surface area contributed by atoms with Crippen LogP contribution in [-0.4, -0.2) is 37.4 Å². The Morgan fingerprint density at radius 1 is 1.47 bits per heavy atom. The van der Waals surface area contributed by atoms with Gasteiger partial charge < -0.3 is 15.2 Å². The molecule has 1 atom stereocenters. The van der Waals surface area contributed by atoms with E-state index in [0.717, 1.165) is 17.3 Å². The highest BCUT2D eigenvalue weighted by Crippen LogP contribution is 2.28. The van der Waals surface area contributed by atoms with E-state index in [1.165, 1.54) is 11.1 Å². The van der Waals surface area contributed by atoms with E-state index < -0.39 is 0 Å². The number of rotatable bonds is 7. The number of hydrogen-bond donors (Lipinski definition) is 2. The fraction of sp³-hybridized carbons (Fsp3) is 0.538. The minimum absolute atomic E-state index is 0.228. The topological polar surface area (TPSA) is 41.5 Å². The fourth-order valence-electron chi connectivity index (χ4n) is 1.72. The van der Waals surface area contributed by atoms with Gasteiger partial charge in [0.05, 0.1) is 13.7 Å². The molecule has 0 heterocycles. The Labute approximate surface area is 108 Å². The van der Waals surface area contributed by atoms with Crippen LogP contribution >= 0.6 is 11.8 Å². The Balaban J connectivity index is 2.82. The van der Waals surface area contributed by atoms with Crippen molar-refractivity contribution in [3.63, 3.8) is 0 Å². The zero-order valence-electron chi connectivity index (χ0n) is 10.7. The molecule has 0 saturated carbocycles. The van der Waals surface area contributed by atoms with E-state index >= 15 is 0 Å². The summed E-state index contributed by atoms with van der Waals surface area (Å²) in [5, 5.41) is 12.1. The standard InChI is InChI=1S/C13H21NO2S/c1-10-4-5-13(16-3)11(8-10)12(14-2)9-17-7-6-15/h4-5,8,12,14-15H,6-7,9H2,1-3H3. The van der Waals surface area contributed by atoms with Gasteiger partial charge >= 0.3 is 0 Å². The molecule has 1 aromatic carbocycles. The molecule has 0 bridgehead atoms. The van der Waals surface area contributed by atoms with Crippen molar-refractivity contribution in [1.82, 2.24) is 5.32 Å². The van der Waals surface area contributed by atoms with Gasteiger partial charge in [0.15, 0.2) is 0 Å². The third-order valence-corrected chi connectivity index (χ3v) is 3.67. The van der Waals surface area contributed by atoms with Crippen LogP contribution in [0.15, 0.2) is 18.2 Å². The number of thioether (sulfide) groups is 1. The number of aliphatic hydroxyl groups excluding tert-OH is 1. The molecule has 0 aliphatic carbocycles. The minimum Gasteiger partial charge on any atom is -0.496 e. The lowest BCUT2D eigenvalue weighted by Crippen LogP contribution is -2.20. The molecule has 1 rings (SSSR count). The number of hydrogen-bond acceptors (Lipinski definition) is 4. The Bertz CT molecular complexity index is 344. The summed E-state index contributed by atoms with van der Waals surface area (Å²) in [6.45, 7) is 2.31. The third kappa shape index (κ3) is 4.22. The van der Waals surface area contributed by atoms with Crippen molar-refractivity contribution < 1.29 is 9.84 Å². The summed E-state index contributed by atoms with van der Waals surface area (Å²) in [5.41, 5.74) is 2.41. The van der Waals surface area contributed by atoms with Crippen LogP contribution in [0.4, 0.5) is 0 Å². The van der Waals surface area contributed by atoms with Gasteiger partial charge in [0, 0.05) is 23.1 Å². The summed E-state index contributed by atoms with van der Waals surface area (Å²) in [4.78, 5) is 0. The summed E-state index contributed by atoms with van der Waals surface area (Å²) < 4.78 is 5.39. The van der Waals surface area contributed by atoms with E-state index in [4.69, 9.17) is 9.84 Å². The molecule has 0 aromatic heterocycles. The summed E-state index contributed by atoms with van der Waals surface area (Å²) >= 11 is 1.74. The predicted molar refractivity (Wildman–Crippen MR) is 73.9 cm³/mol. The molecule has 0 saturated heterocycles. The fourth-order valence-corrected chi connectivity index (χ4v) is 2.60. The first kappa shape index (κ1) is 14.4. The van der Waals surface area contributed by atoms with E-state index in [2.05, 4.69) is 24.4 Å². The third-order valence-electron chi connectivity index (χ3n) is 2.63. The summed E-state index contributed by atoms with van der Waals surface area (Å²) in [7, 11) is 3.65. The molecule has 1 aromatic rings. The van der Waals surface area contributed by atoms with Crippen molar-refractivity contribution in [2.75, 3.05) is 32.3 Å². The van der Waals surface area contributed by atoms with Gasteiger partial charge in [0.25, 0.3) is 0 Å². The molecule has 17 heavy (non-hydrogen) atoms. The average molecular weight is 255 g/mol. The first-order valence-corrected chi connectivity index (χ1v) is 6.88. The van der Waals surface area contributed by atoms with Crippen LogP contribution in [0.25, 0.3) is 0 Å². The van der Waals surface area contributed by atoms with Gasteiger partial charge in [-0.25, -0.2) is 0 Å². The largest absolute Gasteiger partial charge is 0.496 e. The smallest absolute Gasteiger partial charge is 0.123 e. The number of aliphatic hydroxyl groups is 1. The monoisotopic (exact) mass is 255 g/mol. The maximum absolute atomic E-state index is 8.80. The SMILES string of the molecule is CNC(CSCCO)c1cc(C)ccc1OC. The molecular weight excluding hydrogens is 234 g/mol. The molecule has 2 N–H and O–H groups in total. The molecule has 0 amide bonds. The second-order valence-corrected chi connectivity index (χ2v) is 5.04. The molecule has 0 spiro atoms. The highest BCUT2D eigenvalue weighted by atomic mass is 32.2. The Morgan fingerprint density at radius 3 is 2.82 bits per heavy atom. The molecule has 96 valence electrons. The van der Waals surface area contributed by atoms with E-state index in [0.29, 0.717) is 0 Å². The summed E-state index contributed by atoms with van der Waals surface area (Å²) in [6, 6.07) is 6.46. The van der Waals surface area contributed by atoms with Crippen LogP contribution in [0, 0.1) is 6.92 Å². The van der Waals surface area contributed by atoms with Gasteiger partial charge in [-0.05, 0) is 20.0 Å². The lowest BCUT2D eigenvalue weighted by molar-refractivity contribution is 0.322. The van der Waals surface area contributed by atoms with Crippen molar-refractivity contribution in [3.05, 3.63) is 29.3 Å². The molecule has 3 nitrogen and oxygen atoms in total. The molecule has 4 heteroatoms. The van der Waals surface area contributed by atoms with Crippen LogP contribution < -0.4 is 10.1 Å². The van der Waals surface area contributed by atoms with Crippen molar-refractivity contribution in [2.24, 2.45) is 0 Å². The molecule has 0 radical (unpaired) electrons. The van der Waals surface area contributed by atoms with Gasteiger partial charge in [-0.2, -0.15) is 11.8 Å². The second-order valence-electron chi connectivity index (χ2n) is 3.89. The zero-order chi connectivity index (χ0) is 12.7. The van der Waals surface area contributed by atoms with Crippen LogP contribution in [-0.2, 0) is 0 Å². The molecule has 1 unspecified atom stereocenters. The normalized spacial score (nSPS) is 12.5. The first-order chi connectivity index (χ1) is 8.22. The number of nitrogens with one attached hydrogen (secondary N) is 1. The predicted octanol–water partition coefficient (Wildman–Crippen LogP) is 1.99. The highest BCUT2D eigenvalue weighted by Gasteiger charge is 2.14. The quantitative estimate of drug-likeness (QED) is 0.731. The van der Waals surface area contributed by atoms with Gasteiger partial charge in [-0.15, -0.1) is 0 Å². The van der Waals surface area contributed by atoms with Gasteiger partial charge in [0.1, 0.15) is 5.75 Å². The van der Waals surface area contributed by atoms with Crippen LogP contribution in [0.1, 0.15) is 17.2 Å². The van der Waals surface area contributed by atoms with Crippen molar-refractivity contribution >= 4 is 11.8 Å². The Hall–Kier alpha value is -0.710. The van der Waals surface area contributed by atoms with E-state index in [-0.39, 0.29) is 12.6 Å². The number of ether oxygens (including phenoxy) is 1. The van der Waals surface area contributed by atoms with Crippen molar-refractivity contribution in [3.8, 4) is 5.75 Å². The maximum Gasteiger partial charge on any atom is 0.123 e. The Kier molecular flexibility index (Phi) is 6.40. The zero-order valence-corrected chi connectivity index (χ0v) is 11.5.